The lowest BCUT2D eigenvalue weighted by atomic mass is 10.1. The van der Waals surface area contributed by atoms with E-state index >= 15 is 0 Å². The molecule has 0 aromatic carbocycles. The summed E-state index contributed by atoms with van der Waals surface area (Å²) in [6.45, 7) is 13.5. The number of hydrogen-bond donors (Lipinski definition) is 3. The number of alkyl carbamates (subject to hydrolysis) is 1. The Bertz CT molecular complexity index is 1080. The zero-order valence-electron chi connectivity index (χ0n) is 20.4. The van der Waals surface area contributed by atoms with E-state index in [9.17, 15) is 14.4 Å². The summed E-state index contributed by atoms with van der Waals surface area (Å²) in [5.41, 5.74) is 3.63. The zero-order valence-corrected chi connectivity index (χ0v) is 20.4. The number of hydrogen-bond acceptors (Lipinski definition) is 9. The maximum absolute atomic E-state index is 12.6. The Hall–Kier alpha value is -3.31. The van der Waals surface area contributed by atoms with Gasteiger partial charge in [0.15, 0.2) is 5.82 Å². The van der Waals surface area contributed by atoms with Gasteiger partial charge in [-0.15, -0.1) is 0 Å². The van der Waals surface area contributed by atoms with Crippen LogP contribution in [-0.2, 0) is 23.4 Å². The van der Waals surface area contributed by atoms with Crippen LogP contribution in [0, 0.1) is 0 Å². The van der Waals surface area contributed by atoms with Crippen molar-refractivity contribution < 1.29 is 14.1 Å². The van der Waals surface area contributed by atoms with Gasteiger partial charge in [-0.1, -0.05) is 18.5 Å². The number of nitrogen functional groups attached to an aromatic ring is 1. The molecule has 4 N–H and O–H groups in total. The molecule has 0 saturated heterocycles. The Morgan fingerprint density at radius 2 is 1.91 bits per heavy atom. The van der Waals surface area contributed by atoms with E-state index in [1.54, 1.807) is 39.5 Å². The number of nitrogens with two attached hydrogens (primary N) is 1. The first-order chi connectivity index (χ1) is 15.3. The normalized spacial score (nSPS) is 12.0. The molecule has 1 amide bonds. The van der Waals surface area contributed by atoms with Gasteiger partial charge in [0.05, 0.1) is 6.54 Å². The molecule has 2 aromatic heterocycles. The largest absolute Gasteiger partial charge is 0.444 e. The zero-order chi connectivity index (χ0) is 25.0. The van der Waals surface area contributed by atoms with Crippen molar-refractivity contribution in [2.45, 2.75) is 85.5 Å². The summed E-state index contributed by atoms with van der Waals surface area (Å²) in [6, 6.07) is 0. The van der Waals surface area contributed by atoms with E-state index in [2.05, 4.69) is 20.4 Å². The molecule has 2 aromatic rings. The number of H-pyrrole nitrogens is 1. The number of aromatic nitrogens is 4. The summed E-state index contributed by atoms with van der Waals surface area (Å²) < 4.78 is 12.0. The molecule has 0 bridgehead atoms. The predicted molar refractivity (Wildman–Crippen MR) is 124 cm³/mol. The number of carbonyl (C=O) groups excluding carboxylic acids is 1. The number of aromatic amines is 1. The van der Waals surface area contributed by atoms with Gasteiger partial charge in [-0.2, -0.15) is 4.98 Å². The molecule has 2 rings (SSSR count). The summed E-state index contributed by atoms with van der Waals surface area (Å²) in [5.74, 6) is 0.552. The molecule has 0 radical (unpaired) electrons. The fourth-order valence-corrected chi connectivity index (χ4v) is 3.12. The molecule has 12 heteroatoms. The standard InChI is InChI=1S/C21H35N7O5/c1-8-10-11-28-15(22)14(16(29)24-18(28)30)27(9-2)12-13-23-17(26-33-13)21(6,7)25-19(31)32-20(3,4)5/h8-12,22H2,1-7H3,(H,25,31)(H,24,29,30). The van der Waals surface area contributed by atoms with Crippen molar-refractivity contribution in [1.82, 2.24) is 25.0 Å². The Morgan fingerprint density at radius 3 is 2.48 bits per heavy atom. The lowest BCUT2D eigenvalue weighted by molar-refractivity contribution is 0.0465. The molecule has 0 aliphatic heterocycles. The van der Waals surface area contributed by atoms with Crippen LogP contribution in [0.2, 0.25) is 0 Å². The van der Waals surface area contributed by atoms with Gasteiger partial charge >= 0.3 is 11.8 Å². The van der Waals surface area contributed by atoms with Crippen LogP contribution < -0.4 is 27.2 Å². The second-order valence-corrected chi connectivity index (χ2v) is 9.28. The van der Waals surface area contributed by atoms with Crippen molar-refractivity contribution in [1.29, 1.82) is 0 Å². The van der Waals surface area contributed by atoms with Crippen LogP contribution >= 0.6 is 0 Å². The number of rotatable bonds is 9. The third kappa shape index (κ3) is 6.59. The highest BCUT2D eigenvalue weighted by Crippen LogP contribution is 2.22. The van der Waals surface area contributed by atoms with Crippen molar-refractivity contribution in [3.05, 3.63) is 32.6 Å². The minimum Gasteiger partial charge on any atom is -0.444 e. The summed E-state index contributed by atoms with van der Waals surface area (Å²) in [6.07, 6.45) is 1.01. The first-order valence-corrected chi connectivity index (χ1v) is 11.0. The van der Waals surface area contributed by atoms with Crippen molar-refractivity contribution in [2.24, 2.45) is 0 Å². The van der Waals surface area contributed by atoms with Crippen LogP contribution in [0.5, 0.6) is 0 Å². The molecule has 0 aliphatic rings. The molecule has 0 saturated carbocycles. The summed E-state index contributed by atoms with van der Waals surface area (Å²) in [7, 11) is 0. The predicted octanol–water partition coefficient (Wildman–Crippen LogP) is 2.09. The fourth-order valence-electron chi connectivity index (χ4n) is 3.12. The number of amides is 1. The number of nitrogens with zero attached hydrogens (tertiary/aromatic N) is 4. The molecule has 33 heavy (non-hydrogen) atoms. The fraction of sp³-hybridized carbons (Fsp3) is 0.667. The van der Waals surface area contributed by atoms with Crippen molar-refractivity contribution in [2.75, 3.05) is 17.2 Å². The molecule has 184 valence electrons. The van der Waals surface area contributed by atoms with Crippen LogP contribution in [0.1, 0.15) is 73.0 Å². The second kappa shape index (κ2) is 10.1. The monoisotopic (exact) mass is 465 g/mol. The van der Waals surface area contributed by atoms with E-state index in [4.69, 9.17) is 15.0 Å². The summed E-state index contributed by atoms with van der Waals surface area (Å²) in [4.78, 5) is 45.3. The van der Waals surface area contributed by atoms with E-state index < -0.39 is 28.5 Å². The van der Waals surface area contributed by atoms with E-state index in [1.807, 2.05) is 13.8 Å². The van der Waals surface area contributed by atoms with Gasteiger partial charge in [0.1, 0.15) is 22.6 Å². The lowest BCUT2D eigenvalue weighted by Crippen LogP contribution is -2.44. The molecule has 0 atom stereocenters. The maximum atomic E-state index is 12.6. The molecular formula is C21H35N7O5. The first-order valence-electron chi connectivity index (χ1n) is 11.0. The van der Waals surface area contributed by atoms with Gasteiger partial charge in [-0.25, -0.2) is 9.59 Å². The average Bonchev–Trinajstić information content (AvgIpc) is 3.14. The Balaban J connectivity index is 2.27. The topological polar surface area (TPSA) is 161 Å². The van der Waals surface area contributed by atoms with E-state index in [0.717, 1.165) is 12.8 Å². The van der Waals surface area contributed by atoms with Gasteiger partial charge in [0, 0.05) is 13.1 Å². The molecule has 12 nitrogen and oxygen atoms in total. The highest BCUT2D eigenvalue weighted by Gasteiger charge is 2.31. The minimum atomic E-state index is -0.967. The average molecular weight is 466 g/mol. The van der Waals surface area contributed by atoms with Crippen LogP contribution in [0.25, 0.3) is 0 Å². The highest BCUT2D eigenvalue weighted by molar-refractivity contribution is 5.68. The molecule has 0 fully saturated rings. The van der Waals surface area contributed by atoms with Gasteiger partial charge < -0.3 is 25.2 Å². The molecular weight excluding hydrogens is 430 g/mol. The molecule has 0 unspecified atom stereocenters. The lowest BCUT2D eigenvalue weighted by Gasteiger charge is -2.26. The molecule has 0 spiro atoms. The van der Waals surface area contributed by atoms with E-state index in [-0.39, 0.29) is 29.8 Å². The minimum absolute atomic E-state index is 0.0886. The third-order valence-electron chi connectivity index (χ3n) is 4.81. The van der Waals surface area contributed by atoms with Crippen LogP contribution in [0.4, 0.5) is 16.3 Å². The number of ether oxygens (including phenoxy) is 1. The SMILES string of the molecule is CCCCn1c(N)c(N(CC)Cc2nc(C(C)(C)NC(=O)OC(C)(C)C)no2)c(=O)[nH]c1=O. The number of unbranched alkanes of at least 4 members (excludes halogenated alkanes) is 1. The highest BCUT2D eigenvalue weighted by atomic mass is 16.6. The molecule has 2 heterocycles. The second-order valence-electron chi connectivity index (χ2n) is 9.28. The maximum Gasteiger partial charge on any atom is 0.408 e. The number of anilines is 2. The summed E-state index contributed by atoms with van der Waals surface area (Å²) >= 11 is 0. The van der Waals surface area contributed by atoms with Crippen molar-refractivity contribution >= 4 is 17.6 Å². The van der Waals surface area contributed by atoms with Crippen molar-refractivity contribution in [3.8, 4) is 0 Å². The van der Waals surface area contributed by atoms with Crippen molar-refractivity contribution in [3.63, 3.8) is 0 Å². The summed E-state index contributed by atoms with van der Waals surface area (Å²) in [5, 5.41) is 6.70. The Labute approximate surface area is 192 Å². The van der Waals surface area contributed by atoms with E-state index in [1.165, 1.54) is 4.57 Å². The Kier molecular flexibility index (Phi) is 7.93. The van der Waals surface area contributed by atoms with E-state index in [0.29, 0.717) is 13.1 Å². The van der Waals surface area contributed by atoms with Crippen LogP contribution in [0.15, 0.2) is 14.1 Å². The van der Waals surface area contributed by atoms with Gasteiger partial charge in [0.2, 0.25) is 5.89 Å². The van der Waals surface area contributed by atoms with Crippen LogP contribution in [0.3, 0.4) is 0 Å². The number of carbonyl (C=O) groups is 1. The van der Waals surface area contributed by atoms with Gasteiger partial charge in [-0.3, -0.25) is 14.3 Å². The smallest absolute Gasteiger partial charge is 0.408 e. The molecule has 0 aliphatic carbocycles. The third-order valence-corrected chi connectivity index (χ3v) is 4.81. The Morgan fingerprint density at radius 1 is 1.24 bits per heavy atom. The van der Waals surface area contributed by atoms with Gasteiger partial charge in [0.25, 0.3) is 5.56 Å². The number of nitrogens with one attached hydrogen (secondary N) is 2. The quantitative estimate of drug-likeness (QED) is 0.503. The van der Waals surface area contributed by atoms with Gasteiger partial charge in [-0.05, 0) is 48.0 Å². The first kappa shape index (κ1) is 25.9. The van der Waals surface area contributed by atoms with Crippen LogP contribution in [-0.4, -0.2) is 37.9 Å².